The van der Waals surface area contributed by atoms with Crippen molar-refractivity contribution in [3.63, 3.8) is 0 Å². The van der Waals surface area contributed by atoms with E-state index in [0.29, 0.717) is 0 Å². The van der Waals surface area contributed by atoms with E-state index < -0.39 is 12.1 Å². The first kappa shape index (κ1) is 32.1. The average molecular weight is 577 g/mol. The minimum absolute atomic E-state index is 0.0736. The number of aliphatic hydroxyl groups is 1. The molecule has 2 atom stereocenters. The molecule has 4 nitrogen and oxygen atoms in total. The second kappa shape index (κ2) is 24.2. The van der Waals surface area contributed by atoms with Crippen LogP contribution in [0.4, 0.5) is 0 Å². The Balaban J connectivity index is 0.000000604. The summed E-state index contributed by atoms with van der Waals surface area (Å²) in [5.41, 5.74) is 0. The predicted molar refractivity (Wildman–Crippen MR) is 141 cm³/mol. The molecule has 32 heavy (non-hydrogen) atoms. The Bertz CT molecular complexity index is 434. The monoisotopic (exact) mass is 578 g/mol. The number of thiocarbonyl (C=S) groups is 1. The molecule has 1 aliphatic heterocycles. The van der Waals surface area contributed by atoms with E-state index in [2.05, 4.69) is 20.8 Å². The molecule has 1 N–H and O–H groups in total. The van der Waals surface area contributed by atoms with Gasteiger partial charge in [-0.1, -0.05) is 13.3 Å². The third-order valence-corrected chi connectivity index (χ3v) is 10.0. The normalized spacial score (nSPS) is 18.8. The van der Waals surface area contributed by atoms with Gasteiger partial charge in [0.1, 0.15) is 18.8 Å². The number of hydrogen-bond acceptors (Lipinski definition) is 5. The summed E-state index contributed by atoms with van der Waals surface area (Å²) in [6, 6.07) is 0. The van der Waals surface area contributed by atoms with Gasteiger partial charge in [-0.3, -0.25) is 4.79 Å². The Morgan fingerprint density at radius 1 is 0.844 bits per heavy atom. The van der Waals surface area contributed by atoms with E-state index in [-0.39, 0.29) is 45.3 Å². The molecule has 1 saturated heterocycles. The number of cyclic esters (lactones) is 1. The van der Waals surface area contributed by atoms with Gasteiger partial charge in [-0.15, -0.1) is 0 Å². The first-order valence-corrected chi connectivity index (χ1v) is 17.7. The summed E-state index contributed by atoms with van der Waals surface area (Å²) in [7, 11) is 0. The van der Waals surface area contributed by atoms with Crippen molar-refractivity contribution in [2.24, 2.45) is 0 Å². The molecule has 0 saturated carbocycles. The van der Waals surface area contributed by atoms with Crippen LogP contribution in [-0.2, 0) is 14.3 Å². The molecule has 0 bridgehead atoms. The summed E-state index contributed by atoms with van der Waals surface area (Å²) in [5.74, 6) is -0.422. The number of unbranched alkanes of at least 4 members (excludes halogenated alkanes) is 11. The van der Waals surface area contributed by atoms with Crippen LogP contribution in [0.2, 0.25) is 8.87 Å². The van der Waals surface area contributed by atoms with Crippen LogP contribution in [0.1, 0.15) is 124 Å². The zero-order valence-electron chi connectivity index (χ0n) is 21.2. The van der Waals surface area contributed by atoms with Gasteiger partial charge in [-0.05, 0) is 25.1 Å². The van der Waals surface area contributed by atoms with Crippen LogP contribution < -0.4 is 0 Å². The first-order chi connectivity index (χ1) is 15.5. The second-order valence-electron chi connectivity index (χ2n) is 8.89. The zero-order valence-corrected chi connectivity index (χ0v) is 24.8. The molecular weight excluding hydrogens is 527 g/mol. The van der Waals surface area contributed by atoms with E-state index in [4.69, 9.17) is 21.7 Å². The van der Waals surface area contributed by atoms with E-state index in [9.17, 15) is 9.90 Å². The Hall–Kier alpha value is 0.119. The van der Waals surface area contributed by atoms with Crippen LogP contribution >= 0.6 is 12.2 Å². The standard InChI is InChI=1S/C10H16O4S.2C8H17.Sn/c1-2-3-4-7-6-13-9(12)5-8(11)10(15)14-7;2*1-3-5-7-8-6-4-2;/h7-8,11H,2-6H2,1H3;2*1,3-8H2,2H3;. The van der Waals surface area contributed by atoms with E-state index in [1.54, 1.807) is 21.7 Å². The SMILES string of the molecule is CCCCC1COC(=O)CC(O)C(=S)O1.CCCCCCC[CH2][Sn][CH2]CCCCCCC. The summed E-state index contributed by atoms with van der Waals surface area (Å²) in [5, 5.41) is 9.53. The zero-order chi connectivity index (χ0) is 23.9. The third-order valence-electron chi connectivity index (χ3n) is 5.64. The van der Waals surface area contributed by atoms with Crippen molar-refractivity contribution >= 4 is 44.4 Å². The van der Waals surface area contributed by atoms with Gasteiger partial charge in [0, 0.05) is 0 Å². The maximum atomic E-state index is 11.1. The minimum atomic E-state index is -1.02. The molecule has 0 aromatic rings. The van der Waals surface area contributed by atoms with Crippen LogP contribution in [0.15, 0.2) is 0 Å². The van der Waals surface area contributed by atoms with Crippen molar-refractivity contribution in [1.82, 2.24) is 0 Å². The Kier molecular flexibility index (Phi) is 24.3. The molecule has 6 heteroatoms. The quantitative estimate of drug-likeness (QED) is 0.0843. The van der Waals surface area contributed by atoms with Crippen LogP contribution in [-0.4, -0.2) is 56.1 Å². The predicted octanol–water partition coefficient (Wildman–Crippen LogP) is 7.45. The van der Waals surface area contributed by atoms with Gasteiger partial charge < -0.3 is 14.6 Å². The fourth-order valence-corrected chi connectivity index (χ4v) is 7.31. The fourth-order valence-electron chi connectivity index (χ4n) is 3.52. The molecular formula is C26H50O4SSn. The summed E-state index contributed by atoms with van der Waals surface area (Å²) in [6.07, 6.45) is 19.3. The number of aliphatic hydroxyl groups excluding tert-OH is 1. The average Bonchev–Trinajstić information content (AvgIpc) is 2.78. The van der Waals surface area contributed by atoms with Crippen molar-refractivity contribution in [1.29, 1.82) is 0 Å². The van der Waals surface area contributed by atoms with Gasteiger partial charge in [0.15, 0.2) is 5.05 Å². The molecule has 1 aliphatic rings. The molecule has 188 valence electrons. The third kappa shape index (κ3) is 20.7. The number of ether oxygens (including phenoxy) is 2. The van der Waals surface area contributed by atoms with Crippen LogP contribution in [0.25, 0.3) is 0 Å². The maximum absolute atomic E-state index is 11.1. The molecule has 2 radical (unpaired) electrons. The van der Waals surface area contributed by atoms with Gasteiger partial charge in [-0.2, -0.15) is 0 Å². The van der Waals surface area contributed by atoms with Crippen molar-refractivity contribution in [3.8, 4) is 0 Å². The molecule has 1 fully saturated rings. The van der Waals surface area contributed by atoms with Gasteiger partial charge in [0.2, 0.25) is 0 Å². The second-order valence-corrected chi connectivity index (χ2v) is 13.6. The molecule has 1 heterocycles. The number of carbonyl (C=O) groups is 1. The molecule has 1 rings (SSSR count). The van der Waals surface area contributed by atoms with Gasteiger partial charge in [-0.25, -0.2) is 0 Å². The van der Waals surface area contributed by atoms with Crippen molar-refractivity contribution in [3.05, 3.63) is 0 Å². The summed E-state index contributed by atoms with van der Waals surface area (Å²) < 4.78 is 13.6. The summed E-state index contributed by atoms with van der Waals surface area (Å²) in [6.45, 7) is 6.90. The number of carbonyl (C=O) groups excluding carboxylic acids is 1. The summed E-state index contributed by atoms with van der Waals surface area (Å²) in [4.78, 5) is 11.1. The van der Waals surface area contributed by atoms with Gasteiger partial charge in [0.05, 0.1) is 6.42 Å². The molecule has 2 unspecified atom stereocenters. The summed E-state index contributed by atoms with van der Waals surface area (Å²) >= 11 is 4.95. The van der Waals surface area contributed by atoms with Crippen molar-refractivity contribution in [2.75, 3.05) is 6.61 Å². The van der Waals surface area contributed by atoms with E-state index >= 15 is 0 Å². The van der Waals surface area contributed by atoms with Crippen molar-refractivity contribution < 1.29 is 19.4 Å². The molecule has 0 amide bonds. The van der Waals surface area contributed by atoms with E-state index in [0.717, 1.165) is 19.3 Å². The van der Waals surface area contributed by atoms with E-state index in [1.165, 1.54) is 64.2 Å². The number of hydrogen-bond donors (Lipinski definition) is 1. The molecule has 0 aliphatic carbocycles. The van der Waals surface area contributed by atoms with Gasteiger partial charge >= 0.3 is 127 Å². The molecule has 0 spiro atoms. The first-order valence-electron chi connectivity index (χ1n) is 13.3. The Labute approximate surface area is 214 Å². The van der Waals surface area contributed by atoms with Crippen LogP contribution in [0.3, 0.4) is 0 Å². The van der Waals surface area contributed by atoms with Gasteiger partial charge in [0.25, 0.3) is 0 Å². The molecule has 0 aromatic heterocycles. The Morgan fingerprint density at radius 3 is 1.88 bits per heavy atom. The van der Waals surface area contributed by atoms with Crippen LogP contribution in [0, 0.1) is 0 Å². The van der Waals surface area contributed by atoms with Crippen LogP contribution in [0.5, 0.6) is 0 Å². The van der Waals surface area contributed by atoms with E-state index in [1.807, 2.05) is 0 Å². The molecule has 0 aromatic carbocycles. The number of esters is 1. The fraction of sp³-hybridized carbons (Fsp3) is 0.923. The topological polar surface area (TPSA) is 55.8 Å². The number of rotatable bonds is 17. The van der Waals surface area contributed by atoms with Crippen molar-refractivity contribution in [2.45, 2.75) is 145 Å². The Morgan fingerprint density at radius 2 is 1.34 bits per heavy atom.